The summed E-state index contributed by atoms with van der Waals surface area (Å²) in [7, 11) is 0. The summed E-state index contributed by atoms with van der Waals surface area (Å²) in [5, 5.41) is 0. The zero-order chi connectivity index (χ0) is 12.9. The highest BCUT2D eigenvalue weighted by Gasteiger charge is 2.40. The molecule has 1 heterocycles. The Labute approximate surface area is 107 Å². The van der Waals surface area contributed by atoms with E-state index in [4.69, 9.17) is 0 Å². The molecule has 2 rings (SSSR count). The van der Waals surface area contributed by atoms with Crippen molar-refractivity contribution in [2.45, 2.75) is 66.2 Å². The summed E-state index contributed by atoms with van der Waals surface area (Å²) in [4.78, 5) is 13.2. The minimum absolute atomic E-state index is 0.255. The molecule has 1 amide bonds. The Morgan fingerprint density at radius 3 is 2.12 bits per heavy atom. The molecule has 1 spiro atoms. The zero-order valence-electron chi connectivity index (χ0n) is 12.1. The number of rotatable bonds is 0. The molecule has 1 aliphatic heterocycles. The van der Waals surface area contributed by atoms with Crippen molar-refractivity contribution in [3.63, 3.8) is 0 Å². The lowest BCUT2D eigenvalue weighted by Crippen LogP contribution is -2.41. The SMILES string of the molecule is CC(=O)N1CCC2(CCC(C)C2)CC1.CCC. The van der Waals surface area contributed by atoms with Crippen LogP contribution in [0.2, 0.25) is 0 Å². The van der Waals surface area contributed by atoms with E-state index in [1.165, 1.54) is 38.5 Å². The number of hydrogen-bond donors (Lipinski definition) is 0. The average Bonchev–Trinajstić information content (AvgIpc) is 2.62. The van der Waals surface area contributed by atoms with Crippen LogP contribution in [0, 0.1) is 11.3 Å². The van der Waals surface area contributed by atoms with Crippen molar-refractivity contribution in [1.29, 1.82) is 0 Å². The van der Waals surface area contributed by atoms with Gasteiger partial charge >= 0.3 is 0 Å². The molecule has 100 valence electrons. The molecule has 0 bridgehead atoms. The Kier molecular flexibility index (Phi) is 5.48. The molecular weight excluding hydrogens is 210 g/mol. The van der Waals surface area contributed by atoms with E-state index in [-0.39, 0.29) is 5.91 Å². The third kappa shape index (κ3) is 4.01. The van der Waals surface area contributed by atoms with Crippen LogP contribution in [0.3, 0.4) is 0 Å². The van der Waals surface area contributed by atoms with Crippen LogP contribution in [0.15, 0.2) is 0 Å². The molecule has 2 aliphatic rings. The Morgan fingerprint density at radius 2 is 1.76 bits per heavy atom. The first-order valence-electron chi connectivity index (χ1n) is 7.28. The predicted molar refractivity (Wildman–Crippen MR) is 72.9 cm³/mol. The quantitative estimate of drug-likeness (QED) is 0.628. The molecule has 0 N–H and O–H groups in total. The van der Waals surface area contributed by atoms with Gasteiger partial charge in [-0.15, -0.1) is 0 Å². The van der Waals surface area contributed by atoms with Gasteiger partial charge in [0.25, 0.3) is 0 Å². The molecule has 1 saturated carbocycles. The van der Waals surface area contributed by atoms with Crippen molar-refractivity contribution in [2.24, 2.45) is 11.3 Å². The lowest BCUT2D eigenvalue weighted by atomic mass is 9.76. The molecule has 1 atom stereocenters. The van der Waals surface area contributed by atoms with Crippen LogP contribution in [-0.2, 0) is 4.79 Å². The first-order valence-corrected chi connectivity index (χ1v) is 7.28. The second-order valence-corrected chi connectivity index (χ2v) is 6.06. The number of carbonyl (C=O) groups excluding carboxylic acids is 1. The fraction of sp³-hybridized carbons (Fsp3) is 0.933. The van der Waals surface area contributed by atoms with Crippen LogP contribution in [0.5, 0.6) is 0 Å². The molecule has 2 nitrogen and oxygen atoms in total. The molecule has 0 aromatic heterocycles. The van der Waals surface area contributed by atoms with E-state index >= 15 is 0 Å². The maximum atomic E-state index is 11.2. The molecule has 2 heteroatoms. The van der Waals surface area contributed by atoms with E-state index < -0.39 is 0 Å². The van der Waals surface area contributed by atoms with Crippen LogP contribution in [0.4, 0.5) is 0 Å². The van der Waals surface area contributed by atoms with E-state index in [1.54, 1.807) is 6.92 Å². The maximum Gasteiger partial charge on any atom is 0.219 e. The standard InChI is InChI=1S/C12H21NO.C3H8/c1-10-3-4-12(9-10)5-7-13(8-6-12)11(2)14;1-3-2/h10H,3-9H2,1-2H3;3H2,1-2H3. The number of piperidine rings is 1. The molecule has 0 aromatic rings. The molecule has 0 radical (unpaired) electrons. The first kappa shape index (κ1) is 14.5. The van der Waals surface area contributed by atoms with Gasteiger partial charge in [0, 0.05) is 20.0 Å². The summed E-state index contributed by atoms with van der Waals surface area (Å²) in [5.41, 5.74) is 0.616. The number of nitrogens with zero attached hydrogens (tertiary/aromatic N) is 1. The van der Waals surface area contributed by atoms with Crippen molar-refractivity contribution in [3.05, 3.63) is 0 Å². The van der Waals surface area contributed by atoms with Gasteiger partial charge in [0.05, 0.1) is 0 Å². The monoisotopic (exact) mass is 239 g/mol. The molecule has 1 saturated heterocycles. The third-order valence-corrected chi connectivity index (χ3v) is 4.22. The van der Waals surface area contributed by atoms with Gasteiger partial charge < -0.3 is 4.90 Å². The highest BCUT2D eigenvalue weighted by molar-refractivity contribution is 5.73. The maximum absolute atomic E-state index is 11.2. The summed E-state index contributed by atoms with van der Waals surface area (Å²) in [6.45, 7) is 10.3. The molecular formula is C15H29NO. The highest BCUT2D eigenvalue weighted by Crippen LogP contribution is 2.48. The number of hydrogen-bond acceptors (Lipinski definition) is 1. The largest absolute Gasteiger partial charge is 0.343 e. The van der Waals surface area contributed by atoms with Crippen molar-refractivity contribution >= 4 is 5.91 Å². The molecule has 1 unspecified atom stereocenters. The van der Waals surface area contributed by atoms with E-state index in [9.17, 15) is 4.79 Å². The van der Waals surface area contributed by atoms with Gasteiger partial charge in [0.2, 0.25) is 5.91 Å². The van der Waals surface area contributed by atoms with Gasteiger partial charge in [-0.2, -0.15) is 0 Å². The smallest absolute Gasteiger partial charge is 0.219 e. The molecule has 1 aliphatic carbocycles. The Morgan fingerprint density at radius 1 is 1.24 bits per heavy atom. The minimum Gasteiger partial charge on any atom is -0.343 e. The summed E-state index contributed by atoms with van der Waals surface area (Å²) < 4.78 is 0. The van der Waals surface area contributed by atoms with Gasteiger partial charge in [-0.05, 0) is 37.0 Å². The van der Waals surface area contributed by atoms with Crippen LogP contribution in [0.25, 0.3) is 0 Å². The van der Waals surface area contributed by atoms with Gasteiger partial charge in [-0.1, -0.05) is 33.6 Å². The summed E-state index contributed by atoms with van der Waals surface area (Å²) >= 11 is 0. The van der Waals surface area contributed by atoms with Crippen LogP contribution in [0.1, 0.15) is 66.2 Å². The van der Waals surface area contributed by atoms with Crippen molar-refractivity contribution in [3.8, 4) is 0 Å². The van der Waals surface area contributed by atoms with Gasteiger partial charge in [-0.25, -0.2) is 0 Å². The number of amides is 1. The minimum atomic E-state index is 0.255. The van der Waals surface area contributed by atoms with E-state index in [2.05, 4.69) is 20.8 Å². The van der Waals surface area contributed by atoms with Gasteiger partial charge in [0.1, 0.15) is 0 Å². The van der Waals surface area contributed by atoms with Crippen molar-refractivity contribution < 1.29 is 4.79 Å². The Hall–Kier alpha value is -0.530. The Balaban J connectivity index is 0.000000437. The number of carbonyl (C=O) groups is 1. The van der Waals surface area contributed by atoms with E-state index in [0.717, 1.165) is 19.0 Å². The number of likely N-dealkylation sites (tertiary alicyclic amines) is 1. The van der Waals surface area contributed by atoms with E-state index in [0.29, 0.717) is 5.41 Å². The summed E-state index contributed by atoms with van der Waals surface area (Å²) in [6, 6.07) is 0. The summed E-state index contributed by atoms with van der Waals surface area (Å²) in [6.07, 6.45) is 7.95. The van der Waals surface area contributed by atoms with Crippen LogP contribution < -0.4 is 0 Å². The van der Waals surface area contributed by atoms with Crippen molar-refractivity contribution in [2.75, 3.05) is 13.1 Å². The van der Waals surface area contributed by atoms with Crippen molar-refractivity contribution in [1.82, 2.24) is 4.90 Å². The zero-order valence-corrected chi connectivity index (χ0v) is 12.1. The van der Waals surface area contributed by atoms with Gasteiger partial charge in [0.15, 0.2) is 0 Å². The second-order valence-electron chi connectivity index (χ2n) is 6.06. The fourth-order valence-corrected chi connectivity index (χ4v) is 3.25. The van der Waals surface area contributed by atoms with Crippen LogP contribution in [-0.4, -0.2) is 23.9 Å². The predicted octanol–water partition coefficient (Wildman–Crippen LogP) is 3.85. The molecule has 17 heavy (non-hydrogen) atoms. The molecule has 2 fully saturated rings. The lowest BCUT2D eigenvalue weighted by Gasteiger charge is -2.39. The second kappa shape index (κ2) is 6.42. The average molecular weight is 239 g/mol. The Bertz CT molecular complexity index is 241. The van der Waals surface area contributed by atoms with Crippen LogP contribution >= 0.6 is 0 Å². The fourth-order valence-electron chi connectivity index (χ4n) is 3.25. The molecule has 0 aromatic carbocycles. The lowest BCUT2D eigenvalue weighted by molar-refractivity contribution is -0.131. The van der Waals surface area contributed by atoms with E-state index in [1.807, 2.05) is 4.90 Å². The summed E-state index contributed by atoms with van der Waals surface area (Å²) in [5.74, 6) is 1.17. The normalized spacial score (nSPS) is 26.6. The first-order chi connectivity index (χ1) is 8.03. The third-order valence-electron chi connectivity index (χ3n) is 4.22. The highest BCUT2D eigenvalue weighted by atomic mass is 16.2. The topological polar surface area (TPSA) is 20.3 Å². The van der Waals surface area contributed by atoms with Gasteiger partial charge in [-0.3, -0.25) is 4.79 Å².